The van der Waals surface area contributed by atoms with Gasteiger partial charge in [-0.25, -0.2) is 9.18 Å². The molecule has 0 saturated carbocycles. The fraction of sp³-hybridized carbons (Fsp3) is 0.182. The predicted molar refractivity (Wildman–Crippen MR) is 64.0 cm³/mol. The van der Waals surface area contributed by atoms with Crippen LogP contribution < -0.4 is 0 Å². The molecule has 0 heterocycles. The van der Waals surface area contributed by atoms with Crippen molar-refractivity contribution in [2.75, 3.05) is 7.11 Å². The van der Waals surface area contributed by atoms with Crippen LogP contribution in [0.3, 0.4) is 0 Å². The van der Waals surface area contributed by atoms with Crippen molar-refractivity contribution in [2.24, 2.45) is 5.16 Å². The van der Waals surface area contributed by atoms with Crippen LogP contribution in [0.1, 0.15) is 5.56 Å². The summed E-state index contributed by atoms with van der Waals surface area (Å²) in [6, 6.07) is 4.42. The van der Waals surface area contributed by atoms with Crippen LogP contribution in [0.5, 0.6) is 0 Å². The molecular weight excluding hydrogens is 309 g/mol. The van der Waals surface area contributed by atoms with Crippen LogP contribution in [0.2, 0.25) is 0 Å². The summed E-state index contributed by atoms with van der Waals surface area (Å²) in [4.78, 5) is 22.7. The fourth-order valence-electron chi connectivity index (χ4n) is 1.25. The van der Waals surface area contributed by atoms with E-state index in [4.69, 9.17) is 5.21 Å². The molecule has 0 aliphatic rings. The Morgan fingerprint density at radius 2 is 2.17 bits per heavy atom. The average molecular weight is 318 g/mol. The van der Waals surface area contributed by atoms with Crippen molar-refractivity contribution in [2.45, 2.75) is 6.42 Å². The Balaban J connectivity index is 2.94. The van der Waals surface area contributed by atoms with Gasteiger partial charge in [0, 0.05) is 6.42 Å². The second kappa shape index (κ2) is 6.25. The molecule has 1 aromatic rings. The molecule has 18 heavy (non-hydrogen) atoms. The minimum absolute atomic E-state index is 0.0828. The third kappa shape index (κ3) is 3.13. The molecule has 1 aromatic carbocycles. The minimum atomic E-state index is -1.07. The van der Waals surface area contributed by atoms with E-state index in [0.29, 0.717) is 0 Å². The van der Waals surface area contributed by atoms with E-state index in [1.165, 1.54) is 12.1 Å². The van der Waals surface area contributed by atoms with Crippen molar-refractivity contribution >= 4 is 33.4 Å². The van der Waals surface area contributed by atoms with Gasteiger partial charge in [-0.2, -0.15) is 0 Å². The van der Waals surface area contributed by atoms with E-state index in [9.17, 15) is 14.0 Å². The lowest BCUT2D eigenvalue weighted by molar-refractivity contribution is -0.133. The molecule has 0 radical (unpaired) electrons. The summed E-state index contributed by atoms with van der Waals surface area (Å²) < 4.78 is 18.1. The van der Waals surface area contributed by atoms with Gasteiger partial charge in [0.1, 0.15) is 5.82 Å². The van der Waals surface area contributed by atoms with Gasteiger partial charge in [0.15, 0.2) is 5.78 Å². The zero-order chi connectivity index (χ0) is 13.7. The zero-order valence-electron chi connectivity index (χ0n) is 9.31. The van der Waals surface area contributed by atoms with Gasteiger partial charge >= 0.3 is 5.97 Å². The van der Waals surface area contributed by atoms with Crippen LogP contribution in [0, 0.1) is 5.82 Å². The van der Waals surface area contributed by atoms with E-state index in [1.54, 1.807) is 6.07 Å². The van der Waals surface area contributed by atoms with E-state index in [0.717, 1.165) is 7.11 Å². The summed E-state index contributed by atoms with van der Waals surface area (Å²) in [5.41, 5.74) is -0.684. The van der Waals surface area contributed by atoms with Gasteiger partial charge in [-0.05, 0) is 27.6 Å². The number of esters is 1. The molecule has 5 nitrogen and oxygen atoms in total. The van der Waals surface area contributed by atoms with Crippen LogP contribution >= 0.6 is 15.9 Å². The molecule has 0 bridgehead atoms. The van der Waals surface area contributed by atoms with Crippen molar-refractivity contribution in [3.05, 3.63) is 34.1 Å². The number of carbonyl (C=O) groups excluding carboxylic acids is 2. The first-order chi connectivity index (χ1) is 8.51. The fourth-order valence-corrected chi connectivity index (χ4v) is 1.66. The SMILES string of the molecule is COC(=O)C(=NO)C(=O)Cc1cccc(Br)c1F. The van der Waals surface area contributed by atoms with Gasteiger partial charge in [0.05, 0.1) is 11.6 Å². The van der Waals surface area contributed by atoms with Crippen molar-refractivity contribution in [1.29, 1.82) is 0 Å². The highest BCUT2D eigenvalue weighted by molar-refractivity contribution is 9.10. The van der Waals surface area contributed by atoms with E-state index in [1.807, 2.05) is 0 Å². The summed E-state index contributed by atoms with van der Waals surface area (Å²) >= 11 is 2.98. The molecule has 0 atom stereocenters. The number of halogens is 2. The van der Waals surface area contributed by atoms with E-state index in [-0.39, 0.29) is 10.0 Å². The van der Waals surface area contributed by atoms with Gasteiger partial charge in [0.2, 0.25) is 5.71 Å². The number of methoxy groups -OCH3 is 1. The van der Waals surface area contributed by atoms with Crippen molar-refractivity contribution in [3.8, 4) is 0 Å². The summed E-state index contributed by atoms with van der Waals surface area (Å²) in [7, 11) is 1.04. The molecule has 0 amide bonds. The van der Waals surface area contributed by atoms with Gasteiger partial charge in [-0.3, -0.25) is 4.79 Å². The highest BCUT2D eigenvalue weighted by Gasteiger charge is 2.23. The minimum Gasteiger partial charge on any atom is -0.464 e. The van der Waals surface area contributed by atoms with Crippen molar-refractivity contribution in [3.63, 3.8) is 0 Å². The Labute approximate surface area is 110 Å². The lowest BCUT2D eigenvalue weighted by Gasteiger charge is -2.04. The van der Waals surface area contributed by atoms with Crippen LogP contribution in [0.4, 0.5) is 4.39 Å². The quantitative estimate of drug-likeness (QED) is 0.301. The molecule has 7 heteroatoms. The standard InChI is InChI=1S/C11H9BrFNO4/c1-18-11(16)10(14-17)8(15)5-6-3-2-4-7(12)9(6)13/h2-4,17H,5H2,1H3. The molecule has 0 aliphatic carbocycles. The molecular formula is C11H9BrFNO4. The van der Waals surface area contributed by atoms with Gasteiger partial charge in [-0.15, -0.1) is 0 Å². The zero-order valence-corrected chi connectivity index (χ0v) is 10.9. The van der Waals surface area contributed by atoms with Crippen LogP contribution in [0.25, 0.3) is 0 Å². The highest BCUT2D eigenvalue weighted by Crippen LogP contribution is 2.19. The lowest BCUT2D eigenvalue weighted by Crippen LogP contribution is -2.27. The number of hydrogen-bond donors (Lipinski definition) is 1. The molecule has 0 unspecified atom stereocenters. The number of nitrogens with zero attached hydrogens (tertiary/aromatic N) is 1. The molecule has 0 fully saturated rings. The van der Waals surface area contributed by atoms with E-state index in [2.05, 4.69) is 25.8 Å². The first-order valence-corrected chi connectivity index (χ1v) is 5.57. The second-order valence-electron chi connectivity index (χ2n) is 3.25. The Morgan fingerprint density at radius 1 is 1.50 bits per heavy atom. The maximum Gasteiger partial charge on any atom is 0.363 e. The normalized spacial score (nSPS) is 11.2. The van der Waals surface area contributed by atoms with E-state index < -0.39 is 29.7 Å². The van der Waals surface area contributed by atoms with Crippen molar-refractivity contribution < 1.29 is 23.9 Å². The maximum absolute atomic E-state index is 13.6. The number of ketones is 1. The van der Waals surface area contributed by atoms with E-state index >= 15 is 0 Å². The second-order valence-corrected chi connectivity index (χ2v) is 4.11. The predicted octanol–water partition coefficient (Wildman–Crippen LogP) is 1.70. The first-order valence-electron chi connectivity index (χ1n) is 4.77. The number of benzene rings is 1. The van der Waals surface area contributed by atoms with Crippen molar-refractivity contribution in [1.82, 2.24) is 0 Å². The van der Waals surface area contributed by atoms with Crippen LogP contribution in [0.15, 0.2) is 27.8 Å². The number of rotatable bonds is 4. The Hall–Kier alpha value is -1.76. The smallest absolute Gasteiger partial charge is 0.363 e. The maximum atomic E-state index is 13.6. The summed E-state index contributed by atoms with van der Waals surface area (Å²) in [6.45, 7) is 0. The molecule has 1 N–H and O–H groups in total. The number of ether oxygens (including phenoxy) is 1. The Kier molecular flexibility index (Phi) is 4.96. The largest absolute Gasteiger partial charge is 0.464 e. The third-order valence-electron chi connectivity index (χ3n) is 2.13. The molecule has 0 aliphatic heterocycles. The lowest BCUT2D eigenvalue weighted by atomic mass is 10.1. The third-order valence-corrected chi connectivity index (χ3v) is 2.74. The summed E-state index contributed by atoms with van der Waals surface area (Å²) in [5, 5.41) is 11.1. The molecule has 0 aromatic heterocycles. The number of Topliss-reactive ketones (excluding diaryl/α,β-unsaturated/α-hetero) is 1. The molecule has 1 rings (SSSR count). The first kappa shape index (κ1) is 14.3. The van der Waals surface area contributed by atoms with Crippen LogP contribution in [-0.2, 0) is 20.7 Å². The van der Waals surface area contributed by atoms with Crippen LogP contribution in [-0.4, -0.2) is 29.8 Å². The Morgan fingerprint density at radius 3 is 2.72 bits per heavy atom. The average Bonchev–Trinajstić information content (AvgIpc) is 2.35. The number of oxime groups is 1. The summed E-state index contributed by atoms with van der Waals surface area (Å²) in [6.07, 6.45) is -0.403. The molecule has 0 spiro atoms. The highest BCUT2D eigenvalue weighted by atomic mass is 79.9. The Bertz CT molecular complexity index is 516. The number of hydrogen-bond acceptors (Lipinski definition) is 5. The topological polar surface area (TPSA) is 76.0 Å². The van der Waals surface area contributed by atoms with Gasteiger partial charge < -0.3 is 9.94 Å². The summed E-state index contributed by atoms with van der Waals surface area (Å²) in [5.74, 6) is -2.51. The van der Waals surface area contributed by atoms with Gasteiger partial charge in [0.25, 0.3) is 0 Å². The number of carbonyl (C=O) groups is 2. The molecule has 0 saturated heterocycles. The molecule has 96 valence electrons. The monoisotopic (exact) mass is 317 g/mol. The van der Waals surface area contributed by atoms with Gasteiger partial charge in [-0.1, -0.05) is 17.3 Å².